The van der Waals surface area contributed by atoms with Gasteiger partial charge in [-0.25, -0.2) is 9.38 Å². The van der Waals surface area contributed by atoms with Crippen molar-refractivity contribution in [1.29, 1.82) is 0 Å². The molecule has 1 aliphatic heterocycles. The molecule has 6 nitrogen and oxygen atoms in total. The van der Waals surface area contributed by atoms with Gasteiger partial charge in [0.25, 0.3) is 0 Å². The van der Waals surface area contributed by atoms with Gasteiger partial charge in [0.1, 0.15) is 5.82 Å². The molecular formula is C21H36FIN4O2. The highest BCUT2D eigenvalue weighted by Crippen LogP contribution is 2.18. The number of benzene rings is 1. The molecule has 2 N–H and O–H groups in total. The monoisotopic (exact) mass is 522 g/mol. The highest BCUT2D eigenvalue weighted by Gasteiger charge is 2.13. The van der Waals surface area contributed by atoms with E-state index in [1.165, 1.54) is 0 Å². The minimum Gasteiger partial charge on any atom is -0.381 e. The van der Waals surface area contributed by atoms with Gasteiger partial charge in [-0.05, 0) is 49.8 Å². The first kappa shape index (κ1) is 25.9. The Labute approximate surface area is 191 Å². The van der Waals surface area contributed by atoms with Crippen LogP contribution >= 0.6 is 24.0 Å². The summed E-state index contributed by atoms with van der Waals surface area (Å²) in [6.45, 7) is 7.31. The van der Waals surface area contributed by atoms with Crippen molar-refractivity contribution in [3.8, 4) is 0 Å². The van der Waals surface area contributed by atoms with Gasteiger partial charge in [0.05, 0.1) is 12.2 Å². The average molecular weight is 522 g/mol. The molecule has 1 saturated heterocycles. The summed E-state index contributed by atoms with van der Waals surface area (Å²) in [5.74, 6) is 1.15. The van der Waals surface area contributed by atoms with Crippen LogP contribution in [0.2, 0.25) is 0 Å². The molecule has 1 heterocycles. The van der Waals surface area contributed by atoms with Crippen molar-refractivity contribution < 1.29 is 13.9 Å². The molecule has 1 fully saturated rings. The van der Waals surface area contributed by atoms with Gasteiger partial charge in [-0.2, -0.15) is 0 Å². The summed E-state index contributed by atoms with van der Waals surface area (Å²) in [5.41, 5.74) is 1.43. The first-order valence-electron chi connectivity index (χ1n) is 10.2. The molecule has 0 atom stereocenters. The molecular weight excluding hydrogens is 486 g/mol. The van der Waals surface area contributed by atoms with Crippen molar-refractivity contribution in [2.24, 2.45) is 10.9 Å². The van der Waals surface area contributed by atoms with E-state index in [0.717, 1.165) is 70.3 Å². The topological polar surface area (TPSA) is 58.1 Å². The lowest BCUT2D eigenvalue weighted by atomic mass is 10.0. The summed E-state index contributed by atoms with van der Waals surface area (Å²) in [6, 6.07) is 5.25. The molecule has 2 rings (SSSR count). The maximum Gasteiger partial charge on any atom is 0.191 e. The zero-order valence-electron chi connectivity index (χ0n) is 17.9. The molecule has 0 unspecified atom stereocenters. The van der Waals surface area contributed by atoms with Crippen LogP contribution in [0, 0.1) is 11.7 Å². The number of rotatable bonds is 10. The molecule has 0 bridgehead atoms. The Morgan fingerprint density at radius 1 is 1.28 bits per heavy atom. The van der Waals surface area contributed by atoms with Gasteiger partial charge in [-0.3, -0.25) is 0 Å². The zero-order valence-corrected chi connectivity index (χ0v) is 20.2. The number of anilines is 1. The minimum atomic E-state index is -0.225. The Bertz CT molecular complexity index is 610. The first-order valence-corrected chi connectivity index (χ1v) is 10.2. The van der Waals surface area contributed by atoms with Crippen molar-refractivity contribution in [2.75, 3.05) is 58.5 Å². The Morgan fingerprint density at radius 2 is 2.03 bits per heavy atom. The van der Waals surface area contributed by atoms with Crippen LogP contribution in [0.15, 0.2) is 23.2 Å². The summed E-state index contributed by atoms with van der Waals surface area (Å²) in [5, 5.41) is 6.53. The SMILES string of the molecule is CCNC(=NCc1ccc(N(C)C)c(F)c1)NCCCOCC1CCOCC1.I. The molecule has 0 amide bonds. The molecule has 0 saturated carbocycles. The van der Waals surface area contributed by atoms with Gasteiger partial charge in [-0.1, -0.05) is 6.07 Å². The maximum atomic E-state index is 14.1. The third-order valence-electron chi connectivity index (χ3n) is 4.71. The molecule has 1 aromatic carbocycles. The van der Waals surface area contributed by atoms with Crippen molar-refractivity contribution in [3.63, 3.8) is 0 Å². The molecule has 166 valence electrons. The standard InChI is InChI=1S/C21H35FN4O2.HI/c1-4-23-21(24-10-5-11-28-16-17-8-12-27-13-9-17)25-15-18-6-7-20(26(2)3)19(22)14-18;/h6-7,14,17H,4-5,8-13,15-16H2,1-3H3,(H2,23,24,25);1H. The fourth-order valence-electron chi connectivity index (χ4n) is 3.07. The molecule has 0 spiro atoms. The fourth-order valence-corrected chi connectivity index (χ4v) is 3.07. The summed E-state index contributed by atoms with van der Waals surface area (Å²) in [4.78, 5) is 6.31. The summed E-state index contributed by atoms with van der Waals surface area (Å²) in [7, 11) is 3.66. The van der Waals surface area contributed by atoms with Crippen molar-refractivity contribution >= 4 is 35.6 Å². The normalized spacial score (nSPS) is 15.0. The second kappa shape index (κ2) is 14.8. The minimum absolute atomic E-state index is 0. The van der Waals surface area contributed by atoms with Crippen LogP contribution in [0.4, 0.5) is 10.1 Å². The Balaban J connectivity index is 0.00000420. The number of ether oxygens (including phenoxy) is 2. The molecule has 0 aliphatic carbocycles. The lowest BCUT2D eigenvalue weighted by Crippen LogP contribution is -2.38. The molecule has 1 aliphatic rings. The molecule has 29 heavy (non-hydrogen) atoms. The van der Waals surface area contributed by atoms with Gasteiger partial charge >= 0.3 is 0 Å². The lowest BCUT2D eigenvalue weighted by Gasteiger charge is -2.21. The first-order chi connectivity index (χ1) is 13.6. The highest BCUT2D eigenvalue weighted by atomic mass is 127. The maximum absolute atomic E-state index is 14.1. The van der Waals surface area contributed by atoms with E-state index in [0.29, 0.717) is 18.2 Å². The van der Waals surface area contributed by atoms with Gasteiger partial charge in [-0.15, -0.1) is 24.0 Å². The number of nitrogens with one attached hydrogen (secondary N) is 2. The molecule has 0 radical (unpaired) electrons. The van der Waals surface area contributed by atoms with Crippen LogP contribution in [0.1, 0.15) is 31.7 Å². The lowest BCUT2D eigenvalue weighted by molar-refractivity contribution is 0.0203. The van der Waals surface area contributed by atoms with Crippen molar-refractivity contribution in [3.05, 3.63) is 29.6 Å². The van der Waals surface area contributed by atoms with E-state index in [2.05, 4.69) is 15.6 Å². The van der Waals surface area contributed by atoms with Crippen molar-refractivity contribution in [2.45, 2.75) is 32.7 Å². The predicted octanol–water partition coefficient (Wildman–Crippen LogP) is 3.40. The summed E-state index contributed by atoms with van der Waals surface area (Å²) < 4.78 is 25.2. The van der Waals surface area contributed by atoms with E-state index in [1.54, 1.807) is 17.0 Å². The average Bonchev–Trinajstić information content (AvgIpc) is 2.69. The van der Waals surface area contributed by atoms with E-state index in [9.17, 15) is 4.39 Å². The second-order valence-corrected chi connectivity index (χ2v) is 7.29. The van der Waals surface area contributed by atoms with E-state index in [4.69, 9.17) is 9.47 Å². The quantitative estimate of drug-likeness (QED) is 0.214. The van der Waals surface area contributed by atoms with Crippen LogP contribution in [-0.4, -0.2) is 59.6 Å². The Hall–Kier alpha value is -1.13. The Morgan fingerprint density at radius 3 is 2.69 bits per heavy atom. The predicted molar refractivity (Wildman–Crippen MR) is 128 cm³/mol. The number of hydrogen-bond acceptors (Lipinski definition) is 4. The van der Waals surface area contributed by atoms with Gasteiger partial charge in [0.2, 0.25) is 0 Å². The molecule has 1 aromatic rings. The van der Waals surface area contributed by atoms with Crippen LogP contribution < -0.4 is 15.5 Å². The van der Waals surface area contributed by atoms with Gasteiger partial charge in [0, 0.05) is 53.6 Å². The second-order valence-electron chi connectivity index (χ2n) is 7.29. The summed E-state index contributed by atoms with van der Waals surface area (Å²) >= 11 is 0. The number of nitrogens with zero attached hydrogens (tertiary/aromatic N) is 2. The fraction of sp³-hybridized carbons (Fsp3) is 0.667. The smallest absolute Gasteiger partial charge is 0.191 e. The van der Waals surface area contributed by atoms with E-state index < -0.39 is 0 Å². The third kappa shape index (κ3) is 9.95. The molecule has 8 heteroatoms. The summed E-state index contributed by atoms with van der Waals surface area (Å²) in [6.07, 6.45) is 3.12. The van der Waals surface area contributed by atoms with E-state index in [-0.39, 0.29) is 29.8 Å². The van der Waals surface area contributed by atoms with E-state index >= 15 is 0 Å². The number of halogens is 2. The Kier molecular flexibility index (Phi) is 13.2. The third-order valence-corrected chi connectivity index (χ3v) is 4.71. The van der Waals surface area contributed by atoms with Crippen molar-refractivity contribution in [1.82, 2.24) is 10.6 Å². The number of guanidine groups is 1. The van der Waals surface area contributed by atoms with Crippen LogP contribution in [0.3, 0.4) is 0 Å². The largest absolute Gasteiger partial charge is 0.381 e. The van der Waals surface area contributed by atoms with Gasteiger partial charge < -0.3 is 25.0 Å². The van der Waals surface area contributed by atoms with Gasteiger partial charge in [0.15, 0.2) is 5.96 Å². The zero-order chi connectivity index (χ0) is 20.2. The van der Waals surface area contributed by atoms with E-state index in [1.807, 2.05) is 27.1 Å². The van der Waals surface area contributed by atoms with Crippen LogP contribution in [-0.2, 0) is 16.0 Å². The van der Waals surface area contributed by atoms with Crippen LogP contribution in [0.5, 0.6) is 0 Å². The number of hydrogen-bond donors (Lipinski definition) is 2. The highest BCUT2D eigenvalue weighted by molar-refractivity contribution is 14.0. The molecule has 0 aromatic heterocycles. The van der Waals surface area contributed by atoms with Crippen LogP contribution in [0.25, 0.3) is 0 Å². The number of aliphatic imine (C=N–C) groups is 1.